The SMILES string of the molecule is O=C(c1csc(-c2ccccc2)n1)N1CCCN(C(=O)c2ccccc2F)CC1. The summed E-state index contributed by atoms with van der Waals surface area (Å²) < 4.78 is 13.9. The van der Waals surface area contributed by atoms with E-state index in [1.54, 1.807) is 27.3 Å². The first kappa shape index (κ1) is 19.3. The molecule has 0 saturated carbocycles. The molecule has 3 aromatic rings. The second-order valence-electron chi connectivity index (χ2n) is 6.82. The zero-order valence-corrected chi connectivity index (χ0v) is 16.6. The summed E-state index contributed by atoms with van der Waals surface area (Å²) in [5.41, 5.74) is 1.47. The van der Waals surface area contributed by atoms with Gasteiger partial charge in [-0.25, -0.2) is 9.37 Å². The first-order valence-electron chi connectivity index (χ1n) is 9.47. The molecule has 2 amide bonds. The lowest BCUT2D eigenvalue weighted by molar-refractivity contribution is 0.0713. The smallest absolute Gasteiger partial charge is 0.273 e. The van der Waals surface area contributed by atoms with E-state index >= 15 is 0 Å². The van der Waals surface area contributed by atoms with Crippen LogP contribution in [-0.4, -0.2) is 52.8 Å². The van der Waals surface area contributed by atoms with Crippen LogP contribution in [0.25, 0.3) is 10.6 Å². The van der Waals surface area contributed by atoms with Crippen LogP contribution in [0.15, 0.2) is 60.0 Å². The maximum absolute atomic E-state index is 13.9. The third-order valence-electron chi connectivity index (χ3n) is 4.92. The highest BCUT2D eigenvalue weighted by atomic mass is 32.1. The molecule has 4 rings (SSSR count). The lowest BCUT2D eigenvalue weighted by Crippen LogP contribution is -2.37. The molecule has 1 aromatic heterocycles. The number of hydrogen-bond donors (Lipinski definition) is 0. The van der Waals surface area contributed by atoms with E-state index in [4.69, 9.17) is 0 Å². The summed E-state index contributed by atoms with van der Waals surface area (Å²) in [6.45, 7) is 1.80. The minimum absolute atomic E-state index is 0.0688. The fourth-order valence-corrected chi connectivity index (χ4v) is 4.18. The third kappa shape index (κ3) is 4.19. The normalized spacial score (nSPS) is 14.5. The van der Waals surface area contributed by atoms with Crippen molar-refractivity contribution in [2.45, 2.75) is 6.42 Å². The Hall–Kier alpha value is -3.06. The molecule has 1 aliphatic heterocycles. The van der Waals surface area contributed by atoms with Crippen LogP contribution in [0.5, 0.6) is 0 Å². The van der Waals surface area contributed by atoms with Crippen molar-refractivity contribution in [3.05, 3.63) is 77.1 Å². The monoisotopic (exact) mass is 409 g/mol. The third-order valence-corrected chi connectivity index (χ3v) is 5.81. The maximum Gasteiger partial charge on any atom is 0.273 e. The van der Waals surface area contributed by atoms with Gasteiger partial charge in [0.2, 0.25) is 0 Å². The number of hydrogen-bond acceptors (Lipinski definition) is 4. The molecule has 5 nitrogen and oxygen atoms in total. The summed E-state index contributed by atoms with van der Waals surface area (Å²) in [5.74, 6) is -0.994. The summed E-state index contributed by atoms with van der Waals surface area (Å²) in [5, 5.41) is 2.58. The van der Waals surface area contributed by atoms with E-state index in [0.717, 1.165) is 10.6 Å². The van der Waals surface area contributed by atoms with Crippen molar-refractivity contribution in [2.75, 3.05) is 26.2 Å². The molecule has 0 radical (unpaired) electrons. The van der Waals surface area contributed by atoms with Gasteiger partial charge in [-0.2, -0.15) is 0 Å². The van der Waals surface area contributed by atoms with Crippen LogP contribution < -0.4 is 0 Å². The predicted octanol–water partition coefficient (Wildman–Crippen LogP) is 3.94. The van der Waals surface area contributed by atoms with E-state index in [1.165, 1.54) is 23.5 Å². The molecule has 0 unspecified atom stereocenters. The molecule has 7 heteroatoms. The molecule has 1 aliphatic rings. The highest BCUT2D eigenvalue weighted by Gasteiger charge is 2.26. The second kappa shape index (κ2) is 8.53. The number of carbonyl (C=O) groups excluding carboxylic acids is 2. The van der Waals surface area contributed by atoms with Crippen LogP contribution in [0.1, 0.15) is 27.3 Å². The second-order valence-corrected chi connectivity index (χ2v) is 7.68. The summed E-state index contributed by atoms with van der Waals surface area (Å²) in [7, 11) is 0. The quantitative estimate of drug-likeness (QED) is 0.659. The Morgan fingerprint density at radius 2 is 1.52 bits per heavy atom. The molecule has 1 saturated heterocycles. The molecular formula is C22H20FN3O2S. The Morgan fingerprint density at radius 3 is 2.24 bits per heavy atom. The van der Waals surface area contributed by atoms with E-state index in [9.17, 15) is 14.0 Å². The van der Waals surface area contributed by atoms with E-state index < -0.39 is 5.82 Å². The number of amides is 2. The Morgan fingerprint density at radius 1 is 0.862 bits per heavy atom. The molecular weight excluding hydrogens is 389 g/mol. The average Bonchev–Trinajstić information content (AvgIpc) is 3.12. The number of rotatable bonds is 3. The number of thiazole rings is 1. The minimum Gasteiger partial charge on any atom is -0.337 e. The van der Waals surface area contributed by atoms with Gasteiger partial charge in [0.25, 0.3) is 11.8 Å². The molecule has 0 aliphatic carbocycles. The van der Waals surface area contributed by atoms with Gasteiger partial charge >= 0.3 is 0 Å². The Labute approximate surface area is 172 Å². The Kier molecular flexibility index (Phi) is 5.67. The number of halogens is 1. The van der Waals surface area contributed by atoms with E-state index in [2.05, 4.69) is 4.98 Å². The van der Waals surface area contributed by atoms with Gasteiger partial charge in [-0.05, 0) is 18.6 Å². The van der Waals surface area contributed by atoms with Crippen molar-refractivity contribution < 1.29 is 14.0 Å². The van der Waals surface area contributed by atoms with Gasteiger partial charge in [0.1, 0.15) is 16.5 Å². The lowest BCUT2D eigenvalue weighted by atomic mass is 10.2. The van der Waals surface area contributed by atoms with Crippen molar-refractivity contribution in [1.82, 2.24) is 14.8 Å². The number of carbonyl (C=O) groups is 2. The standard InChI is InChI=1S/C22H20FN3O2S/c23-18-10-5-4-9-17(18)21(27)25-11-6-12-26(14-13-25)22(28)19-15-29-20(24-19)16-7-2-1-3-8-16/h1-5,7-10,15H,6,11-14H2. The predicted molar refractivity (Wildman–Crippen MR) is 110 cm³/mol. The molecule has 148 valence electrons. The van der Waals surface area contributed by atoms with Crippen LogP contribution in [0.2, 0.25) is 0 Å². The van der Waals surface area contributed by atoms with E-state index in [-0.39, 0.29) is 17.4 Å². The van der Waals surface area contributed by atoms with Crippen LogP contribution in [0, 0.1) is 5.82 Å². The van der Waals surface area contributed by atoms with E-state index in [1.807, 2.05) is 30.3 Å². The van der Waals surface area contributed by atoms with Crippen LogP contribution in [0.4, 0.5) is 4.39 Å². The van der Waals surface area contributed by atoms with Gasteiger partial charge in [0, 0.05) is 37.1 Å². The molecule has 0 atom stereocenters. The van der Waals surface area contributed by atoms with Crippen molar-refractivity contribution in [2.24, 2.45) is 0 Å². The van der Waals surface area contributed by atoms with Crippen molar-refractivity contribution >= 4 is 23.2 Å². The Bertz CT molecular complexity index is 1020. The summed E-state index contributed by atoms with van der Waals surface area (Å²) in [6, 6.07) is 15.7. The van der Waals surface area contributed by atoms with Crippen molar-refractivity contribution in [3.63, 3.8) is 0 Å². The highest BCUT2D eigenvalue weighted by molar-refractivity contribution is 7.13. The molecule has 2 aromatic carbocycles. The molecule has 0 spiro atoms. The van der Waals surface area contributed by atoms with Gasteiger partial charge in [0.15, 0.2) is 0 Å². The van der Waals surface area contributed by atoms with Gasteiger partial charge < -0.3 is 9.80 Å². The zero-order valence-electron chi connectivity index (χ0n) is 15.8. The largest absolute Gasteiger partial charge is 0.337 e. The Balaban J connectivity index is 1.43. The fourth-order valence-electron chi connectivity index (χ4n) is 3.38. The zero-order chi connectivity index (χ0) is 20.2. The summed E-state index contributed by atoms with van der Waals surface area (Å²) >= 11 is 1.44. The van der Waals surface area contributed by atoms with Crippen LogP contribution in [0.3, 0.4) is 0 Å². The lowest BCUT2D eigenvalue weighted by Gasteiger charge is -2.22. The first-order chi connectivity index (χ1) is 14.1. The fraction of sp³-hybridized carbons (Fsp3) is 0.227. The van der Waals surface area contributed by atoms with Gasteiger partial charge in [0.05, 0.1) is 5.56 Å². The summed E-state index contributed by atoms with van der Waals surface area (Å²) in [6.07, 6.45) is 0.640. The van der Waals surface area contributed by atoms with Gasteiger partial charge in [-0.3, -0.25) is 9.59 Å². The average molecular weight is 409 g/mol. The molecule has 1 fully saturated rings. The maximum atomic E-state index is 13.9. The molecule has 0 N–H and O–H groups in total. The highest BCUT2D eigenvalue weighted by Crippen LogP contribution is 2.24. The first-order valence-corrected chi connectivity index (χ1v) is 10.4. The molecule has 2 heterocycles. The van der Waals surface area contributed by atoms with Crippen molar-refractivity contribution in [3.8, 4) is 10.6 Å². The summed E-state index contributed by atoms with van der Waals surface area (Å²) in [4.78, 5) is 33.4. The number of benzene rings is 2. The van der Waals surface area contributed by atoms with Crippen LogP contribution in [-0.2, 0) is 0 Å². The number of aromatic nitrogens is 1. The van der Waals surface area contributed by atoms with Crippen molar-refractivity contribution in [1.29, 1.82) is 0 Å². The van der Waals surface area contributed by atoms with Crippen LogP contribution >= 0.6 is 11.3 Å². The molecule has 0 bridgehead atoms. The van der Waals surface area contributed by atoms with Gasteiger partial charge in [-0.15, -0.1) is 11.3 Å². The minimum atomic E-state index is -0.523. The topological polar surface area (TPSA) is 53.5 Å². The molecule has 29 heavy (non-hydrogen) atoms. The number of nitrogens with zero attached hydrogens (tertiary/aromatic N) is 3. The van der Waals surface area contributed by atoms with Gasteiger partial charge in [-0.1, -0.05) is 42.5 Å². The van der Waals surface area contributed by atoms with E-state index in [0.29, 0.717) is 38.3 Å².